The van der Waals surface area contributed by atoms with Crippen molar-refractivity contribution in [2.45, 2.75) is 63.7 Å². The topological polar surface area (TPSA) is 54.4 Å². The van der Waals surface area contributed by atoms with Gasteiger partial charge in [-0.1, -0.05) is 0 Å². The summed E-state index contributed by atoms with van der Waals surface area (Å²) in [7, 11) is -2.98. The minimum atomic E-state index is -2.98. The van der Waals surface area contributed by atoms with Gasteiger partial charge in [0.2, 0.25) is 0 Å². The molecule has 0 heterocycles. The Balaban J connectivity index is 2.20. The third-order valence-corrected chi connectivity index (χ3v) is 5.95. The van der Waals surface area contributed by atoms with Gasteiger partial charge in [0.15, 0.2) is 9.84 Å². The minimum absolute atomic E-state index is 0.197. The first kappa shape index (κ1) is 14.0. The summed E-state index contributed by atoms with van der Waals surface area (Å²) in [6, 6.07) is 0. The highest BCUT2D eigenvalue weighted by Crippen LogP contribution is 2.34. The van der Waals surface area contributed by atoms with Crippen LogP contribution >= 0.6 is 0 Å². The lowest BCUT2D eigenvalue weighted by Gasteiger charge is -2.19. The van der Waals surface area contributed by atoms with Gasteiger partial charge < -0.3 is 5.11 Å². The maximum absolute atomic E-state index is 11.8. The van der Waals surface area contributed by atoms with Crippen LogP contribution in [0.4, 0.5) is 0 Å². The Hall–Kier alpha value is -0.0900. The lowest BCUT2D eigenvalue weighted by atomic mass is 10.1. The second-order valence-corrected chi connectivity index (χ2v) is 8.69. The minimum Gasteiger partial charge on any atom is -0.393 e. The van der Waals surface area contributed by atoms with Crippen molar-refractivity contribution in [3.63, 3.8) is 0 Å². The van der Waals surface area contributed by atoms with Crippen LogP contribution in [-0.4, -0.2) is 30.1 Å². The summed E-state index contributed by atoms with van der Waals surface area (Å²) in [5.41, 5.74) is 0. The summed E-state index contributed by atoms with van der Waals surface area (Å²) < 4.78 is 22.9. The first-order valence-corrected chi connectivity index (χ1v) is 7.79. The predicted octanol–water partition coefficient (Wildman–Crippen LogP) is 2.14. The molecule has 0 saturated heterocycles. The normalized spacial score (nSPS) is 19.8. The van der Waals surface area contributed by atoms with Crippen LogP contribution in [0.15, 0.2) is 0 Å². The van der Waals surface area contributed by atoms with E-state index >= 15 is 0 Å². The second-order valence-electron chi connectivity index (χ2n) is 5.83. The van der Waals surface area contributed by atoms with E-state index < -0.39 is 14.6 Å². The first-order chi connectivity index (χ1) is 7.24. The van der Waals surface area contributed by atoms with E-state index in [1.165, 1.54) is 0 Å². The van der Waals surface area contributed by atoms with Gasteiger partial charge >= 0.3 is 0 Å². The maximum Gasteiger partial charge on any atom is 0.155 e. The second kappa shape index (κ2) is 5.05. The summed E-state index contributed by atoms with van der Waals surface area (Å²) in [4.78, 5) is 0. The van der Waals surface area contributed by atoms with E-state index in [1.54, 1.807) is 20.8 Å². The molecule has 1 aliphatic rings. The molecule has 1 rings (SSSR count). The molecule has 1 N–H and O–H groups in total. The molecular formula is C12H24O3S. The Labute approximate surface area is 99.2 Å². The van der Waals surface area contributed by atoms with Crippen molar-refractivity contribution < 1.29 is 13.5 Å². The summed E-state index contributed by atoms with van der Waals surface area (Å²) in [5.74, 6) is 0.743. The van der Waals surface area contributed by atoms with Gasteiger partial charge in [-0.05, 0) is 58.8 Å². The maximum atomic E-state index is 11.8. The molecule has 0 radical (unpaired) electrons. The first-order valence-electron chi connectivity index (χ1n) is 6.14. The smallest absolute Gasteiger partial charge is 0.155 e. The van der Waals surface area contributed by atoms with Crippen LogP contribution in [0.1, 0.15) is 52.9 Å². The van der Waals surface area contributed by atoms with Crippen molar-refractivity contribution in [2.24, 2.45) is 5.92 Å². The summed E-state index contributed by atoms with van der Waals surface area (Å²) >= 11 is 0. The Morgan fingerprint density at radius 2 is 1.81 bits per heavy atom. The van der Waals surface area contributed by atoms with Gasteiger partial charge in [-0.3, -0.25) is 0 Å². The van der Waals surface area contributed by atoms with Crippen molar-refractivity contribution in [1.82, 2.24) is 0 Å². The number of aliphatic hydroxyl groups excluding tert-OH is 1. The fourth-order valence-electron chi connectivity index (χ4n) is 1.67. The van der Waals surface area contributed by atoms with Gasteiger partial charge in [0.25, 0.3) is 0 Å². The largest absolute Gasteiger partial charge is 0.393 e. The zero-order valence-corrected chi connectivity index (χ0v) is 11.4. The van der Waals surface area contributed by atoms with Crippen LogP contribution in [0, 0.1) is 5.92 Å². The van der Waals surface area contributed by atoms with Crippen molar-refractivity contribution in [3.8, 4) is 0 Å². The molecule has 0 aliphatic heterocycles. The van der Waals surface area contributed by atoms with Gasteiger partial charge in [-0.2, -0.15) is 0 Å². The van der Waals surface area contributed by atoms with E-state index in [-0.39, 0.29) is 11.9 Å². The highest BCUT2D eigenvalue weighted by molar-refractivity contribution is 7.92. The van der Waals surface area contributed by atoms with Gasteiger partial charge in [-0.15, -0.1) is 0 Å². The predicted molar refractivity (Wildman–Crippen MR) is 66.1 cm³/mol. The molecule has 0 amide bonds. The van der Waals surface area contributed by atoms with Crippen LogP contribution in [0.3, 0.4) is 0 Å². The molecule has 1 fully saturated rings. The van der Waals surface area contributed by atoms with Crippen LogP contribution in [-0.2, 0) is 9.84 Å². The molecule has 0 aromatic heterocycles. The number of unbranched alkanes of at least 4 members (excludes halogenated alkanes) is 1. The van der Waals surface area contributed by atoms with Gasteiger partial charge in [-0.25, -0.2) is 8.42 Å². The molecule has 96 valence electrons. The molecular weight excluding hydrogens is 224 g/mol. The van der Waals surface area contributed by atoms with Gasteiger partial charge in [0, 0.05) is 0 Å². The number of hydrogen-bond donors (Lipinski definition) is 1. The molecule has 1 unspecified atom stereocenters. The molecule has 3 nitrogen and oxygen atoms in total. The number of sulfone groups is 1. The van der Waals surface area contributed by atoms with E-state index in [2.05, 4.69) is 0 Å². The Bertz CT molecular complexity index is 310. The monoisotopic (exact) mass is 248 g/mol. The van der Waals surface area contributed by atoms with Crippen LogP contribution in [0.25, 0.3) is 0 Å². The number of hydrogen-bond acceptors (Lipinski definition) is 3. The lowest BCUT2D eigenvalue weighted by Crippen LogP contribution is -2.30. The molecule has 4 heteroatoms. The fraction of sp³-hybridized carbons (Fsp3) is 1.00. The Morgan fingerprint density at radius 3 is 2.25 bits per heavy atom. The quantitative estimate of drug-likeness (QED) is 0.733. The summed E-state index contributed by atoms with van der Waals surface area (Å²) in [6.07, 6.45) is 4.32. The number of rotatable bonds is 6. The highest BCUT2D eigenvalue weighted by Gasteiger charge is 2.30. The van der Waals surface area contributed by atoms with Crippen molar-refractivity contribution in [2.75, 3.05) is 5.75 Å². The highest BCUT2D eigenvalue weighted by atomic mass is 32.2. The molecule has 0 aromatic carbocycles. The summed E-state index contributed by atoms with van der Waals surface area (Å²) in [5, 5.41) is 9.63. The molecule has 1 saturated carbocycles. The average Bonchev–Trinajstić information content (AvgIpc) is 2.93. The molecule has 1 atom stereocenters. The summed E-state index contributed by atoms with van der Waals surface area (Å²) in [6.45, 7) is 5.21. The van der Waals surface area contributed by atoms with E-state index in [9.17, 15) is 13.5 Å². The van der Waals surface area contributed by atoms with Gasteiger partial charge in [0.05, 0.1) is 16.6 Å². The SMILES string of the molecule is CC(C)(C)S(=O)(=O)CCCCC(O)C1CC1. The van der Waals surface area contributed by atoms with Crippen LogP contribution in [0.2, 0.25) is 0 Å². The van der Waals surface area contributed by atoms with E-state index in [0.29, 0.717) is 12.3 Å². The van der Waals surface area contributed by atoms with E-state index in [0.717, 1.165) is 25.7 Å². The van der Waals surface area contributed by atoms with E-state index in [1.807, 2.05) is 0 Å². The Kier molecular flexibility index (Phi) is 4.41. The van der Waals surface area contributed by atoms with E-state index in [4.69, 9.17) is 0 Å². The van der Waals surface area contributed by atoms with Crippen LogP contribution < -0.4 is 0 Å². The standard InChI is InChI=1S/C12H24O3S/c1-12(2,3)16(14,15)9-5-4-6-11(13)10-7-8-10/h10-11,13H,4-9H2,1-3H3. The molecule has 16 heavy (non-hydrogen) atoms. The van der Waals surface area contributed by atoms with Crippen molar-refractivity contribution >= 4 is 9.84 Å². The zero-order chi connectivity index (χ0) is 12.4. The average molecular weight is 248 g/mol. The molecule has 0 bridgehead atoms. The third-order valence-electron chi connectivity index (χ3n) is 3.26. The van der Waals surface area contributed by atoms with Crippen molar-refractivity contribution in [1.29, 1.82) is 0 Å². The fourth-order valence-corrected chi connectivity index (χ4v) is 2.86. The van der Waals surface area contributed by atoms with Gasteiger partial charge in [0.1, 0.15) is 0 Å². The molecule has 0 spiro atoms. The third kappa shape index (κ3) is 4.06. The zero-order valence-electron chi connectivity index (χ0n) is 10.6. The number of aliphatic hydroxyl groups is 1. The molecule has 1 aliphatic carbocycles. The lowest BCUT2D eigenvalue weighted by molar-refractivity contribution is 0.139. The van der Waals surface area contributed by atoms with Crippen LogP contribution in [0.5, 0.6) is 0 Å². The van der Waals surface area contributed by atoms with Crippen molar-refractivity contribution in [3.05, 3.63) is 0 Å². The molecule has 0 aromatic rings. The Morgan fingerprint density at radius 1 is 1.25 bits per heavy atom.